The Morgan fingerprint density at radius 2 is 2.10 bits per heavy atom. The van der Waals surface area contributed by atoms with Gasteiger partial charge in [-0.25, -0.2) is 0 Å². The van der Waals surface area contributed by atoms with E-state index in [0.717, 1.165) is 6.42 Å². The van der Waals surface area contributed by atoms with Gasteiger partial charge in [-0.1, -0.05) is 33.1 Å². The van der Waals surface area contributed by atoms with E-state index in [1.807, 2.05) is 6.29 Å². The molecule has 1 heteroatoms. The Morgan fingerprint density at radius 1 is 1.40 bits per heavy atom. The summed E-state index contributed by atoms with van der Waals surface area (Å²) in [6.45, 7) is 4.39. The van der Waals surface area contributed by atoms with E-state index in [0.29, 0.717) is 12.3 Å². The first-order chi connectivity index (χ1) is 4.81. The standard InChI is InChI=1S/C9H17O/c1-3-4-6-9(2)7-5-8-10/h9H,3-7H2,1-2H3. The Kier molecular flexibility index (Phi) is 6.56. The number of rotatable bonds is 6. The number of hydrogen-bond acceptors (Lipinski definition) is 1. The van der Waals surface area contributed by atoms with Gasteiger partial charge in [-0.15, -0.1) is 0 Å². The van der Waals surface area contributed by atoms with Crippen molar-refractivity contribution in [2.24, 2.45) is 5.92 Å². The van der Waals surface area contributed by atoms with Crippen LogP contribution in [0.25, 0.3) is 0 Å². The van der Waals surface area contributed by atoms with Gasteiger partial charge in [0.25, 0.3) is 0 Å². The summed E-state index contributed by atoms with van der Waals surface area (Å²) in [5.74, 6) is 0.710. The Labute approximate surface area is 63.8 Å². The van der Waals surface area contributed by atoms with Crippen LogP contribution in [0.4, 0.5) is 0 Å². The molecule has 10 heavy (non-hydrogen) atoms. The molecular weight excluding hydrogens is 124 g/mol. The molecule has 0 fully saturated rings. The summed E-state index contributed by atoms with van der Waals surface area (Å²) in [6.07, 6.45) is 7.37. The maximum atomic E-state index is 9.86. The van der Waals surface area contributed by atoms with Crippen LogP contribution < -0.4 is 0 Å². The van der Waals surface area contributed by atoms with Crippen molar-refractivity contribution >= 4 is 6.29 Å². The molecule has 0 aliphatic carbocycles. The Balaban J connectivity index is 3.07. The number of carbonyl (C=O) groups excluding carboxylic acids is 1. The SMILES string of the molecule is CCCCC(C)CC[C]=O. The lowest BCUT2D eigenvalue weighted by Crippen LogP contribution is -1.94. The van der Waals surface area contributed by atoms with Crippen LogP contribution in [-0.2, 0) is 4.79 Å². The fraction of sp³-hybridized carbons (Fsp3) is 0.889. The Hall–Kier alpha value is -0.330. The van der Waals surface area contributed by atoms with Crippen molar-refractivity contribution in [2.45, 2.75) is 46.0 Å². The third-order valence-electron chi connectivity index (χ3n) is 1.79. The van der Waals surface area contributed by atoms with Gasteiger partial charge in [-0.05, 0) is 12.3 Å². The zero-order chi connectivity index (χ0) is 7.82. The molecule has 0 spiro atoms. The van der Waals surface area contributed by atoms with E-state index in [-0.39, 0.29) is 0 Å². The Morgan fingerprint density at radius 3 is 2.60 bits per heavy atom. The highest BCUT2D eigenvalue weighted by Gasteiger charge is 1.99. The van der Waals surface area contributed by atoms with Gasteiger partial charge >= 0.3 is 0 Å². The topological polar surface area (TPSA) is 17.1 Å². The predicted octanol–water partition coefficient (Wildman–Crippen LogP) is 2.70. The molecule has 0 aromatic heterocycles. The van der Waals surface area contributed by atoms with Gasteiger partial charge in [-0.2, -0.15) is 0 Å². The Bertz CT molecular complexity index is 78.8. The summed E-state index contributed by atoms with van der Waals surface area (Å²) >= 11 is 0. The fourth-order valence-electron chi connectivity index (χ4n) is 1.00. The van der Waals surface area contributed by atoms with Crippen LogP contribution in [0.15, 0.2) is 0 Å². The lowest BCUT2D eigenvalue weighted by Gasteiger charge is -2.06. The maximum absolute atomic E-state index is 9.86. The predicted molar refractivity (Wildman–Crippen MR) is 43.6 cm³/mol. The van der Waals surface area contributed by atoms with Crippen LogP contribution in [0.3, 0.4) is 0 Å². The van der Waals surface area contributed by atoms with E-state index in [1.54, 1.807) is 0 Å². The quantitative estimate of drug-likeness (QED) is 0.556. The highest BCUT2D eigenvalue weighted by Crippen LogP contribution is 2.12. The highest BCUT2D eigenvalue weighted by molar-refractivity contribution is 5.50. The monoisotopic (exact) mass is 141 g/mol. The van der Waals surface area contributed by atoms with Gasteiger partial charge in [0.05, 0.1) is 0 Å². The highest BCUT2D eigenvalue weighted by atomic mass is 16.1. The van der Waals surface area contributed by atoms with Crippen LogP contribution in [0.5, 0.6) is 0 Å². The van der Waals surface area contributed by atoms with Gasteiger partial charge in [0.2, 0.25) is 0 Å². The molecule has 1 radical (unpaired) electrons. The van der Waals surface area contributed by atoms with E-state index in [2.05, 4.69) is 13.8 Å². The lowest BCUT2D eigenvalue weighted by molar-refractivity contribution is 0.469. The molecule has 0 aliphatic heterocycles. The molecule has 0 aliphatic rings. The molecule has 0 aromatic carbocycles. The van der Waals surface area contributed by atoms with Crippen molar-refractivity contribution in [3.63, 3.8) is 0 Å². The van der Waals surface area contributed by atoms with E-state index in [4.69, 9.17) is 0 Å². The molecule has 0 amide bonds. The fourth-order valence-corrected chi connectivity index (χ4v) is 1.00. The summed E-state index contributed by atoms with van der Waals surface area (Å²) in [6, 6.07) is 0. The molecule has 0 rings (SSSR count). The minimum atomic E-state index is 0.616. The van der Waals surface area contributed by atoms with Crippen LogP contribution in [0.2, 0.25) is 0 Å². The third kappa shape index (κ3) is 5.80. The first-order valence-corrected chi connectivity index (χ1v) is 4.16. The van der Waals surface area contributed by atoms with Gasteiger partial charge in [-0.3, -0.25) is 4.79 Å². The molecule has 0 bridgehead atoms. The maximum Gasteiger partial charge on any atom is 0.198 e. The molecule has 0 saturated heterocycles. The van der Waals surface area contributed by atoms with Crippen molar-refractivity contribution in [2.75, 3.05) is 0 Å². The van der Waals surface area contributed by atoms with E-state index < -0.39 is 0 Å². The van der Waals surface area contributed by atoms with Gasteiger partial charge in [0.1, 0.15) is 0 Å². The largest absolute Gasteiger partial charge is 0.291 e. The third-order valence-corrected chi connectivity index (χ3v) is 1.79. The van der Waals surface area contributed by atoms with Crippen LogP contribution >= 0.6 is 0 Å². The summed E-state index contributed by atoms with van der Waals surface area (Å²) in [4.78, 5) is 9.86. The van der Waals surface area contributed by atoms with Gasteiger partial charge in [0, 0.05) is 6.42 Å². The number of unbranched alkanes of at least 4 members (excludes halogenated alkanes) is 1. The van der Waals surface area contributed by atoms with Gasteiger partial charge < -0.3 is 0 Å². The van der Waals surface area contributed by atoms with Crippen molar-refractivity contribution in [3.05, 3.63) is 0 Å². The average molecular weight is 141 g/mol. The minimum Gasteiger partial charge on any atom is -0.291 e. The number of hydrogen-bond donors (Lipinski definition) is 0. The van der Waals surface area contributed by atoms with E-state index in [1.165, 1.54) is 19.3 Å². The van der Waals surface area contributed by atoms with Crippen molar-refractivity contribution in [1.82, 2.24) is 0 Å². The molecular formula is C9H17O. The molecule has 1 unspecified atom stereocenters. The summed E-state index contributed by atoms with van der Waals surface area (Å²) < 4.78 is 0. The second-order valence-corrected chi connectivity index (χ2v) is 2.93. The second-order valence-electron chi connectivity index (χ2n) is 2.93. The van der Waals surface area contributed by atoms with Gasteiger partial charge in [0.15, 0.2) is 6.29 Å². The minimum absolute atomic E-state index is 0.616. The lowest BCUT2D eigenvalue weighted by atomic mass is 10.00. The molecule has 0 saturated carbocycles. The molecule has 1 nitrogen and oxygen atoms in total. The molecule has 59 valence electrons. The van der Waals surface area contributed by atoms with Crippen molar-refractivity contribution in [3.8, 4) is 0 Å². The molecule has 0 heterocycles. The zero-order valence-corrected chi connectivity index (χ0v) is 7.02. The van der Waals surface area contributed by atoms with Crippen molar-refractivity contribution in [1.29, 1.82) is 0 Å². The van der Waals surface area contributed by atoms with E-state index in [9.17, 15) is 4.79 Å². The van der Waals surface area contributed by atoms with E-state index >= 15 is 0 Å². The average Bonchev–Trinajstić information content (AvgIpc) is 1.97. The van der Waals surface area contributed by atoms with Crippen LogP contribution in [-0.4, -0.2) is 6.29 Å². The first-order valence-electron chi connectivity index (χ1n) is 4.16. The second kappa shape index (κ2) is 6.79. The smallest absolute Gasteiger partial charge is 0.198 e. The normalized spacial score (nSPS) is 13.0. The molecule has 0 N–H and O–H groups in total. The van der Waals surface area contributed by atoms with Crippen molar-refractivity contribution < 1.29 is 4.79 Å². The zero-order valence-electron chi connectivity index (χ0n) is 7.02. The first kappa shape index (κ1) is 9.67. The summed E-state index contributed by atoms with van der Waals surface area (Å²) in [5.41, 5.74) is 0. The summed E-state index contributed by atoms with van der Waals surface area (Å²) in [5, 5.41) is 0. The molecule has 1 atom stereocenters. The molecule has 0 aromatic rings. The van der Waals surface area contributed by atoms with Crippen LogP contribution in [0, 0.1) is 5.92 Å². The summed E-state index contributed by atoms with van der Waals surface area (Å²) in [7, 11) is 0. The van der Waals surface area contributed by atoms with Crippen LogP contribution in [0.1, 0.15) is 46.0 Å².